The zero-order valence-corrected chi connectivity index (χ0v) is 11.4. The first kappa shape index (κ1) is 12.9. The van der Waals surface area contributed by atoms with Crippen LogP contribution in [0.4, 0.5) is 0 Å². The molecular formula is C12H16ClNO2S. The van der Waals surface area contributed by atoms with Gasteiger partial charge in [-0.3, -0.25) is 0 Å². The molecule has 2 rings (SSSR count). The third kappa shape index (κ3) is 3.44. The molecular weight excluding hydrogens is 258 g/mol. The van der Waals surface area contributed by atoms with Crippen molar-refractivity contribution < 1.29 is 8.42 Å². The van der Waals surface area contributed by atoms with Gasteiger partial charge in [0.05, 0.1) is 5.75 Å². The van der Waals surface area contributed by atoms with Gasteiger partial charge in [0.15, 0.2) is 0 Å². The molecule has 94 valence electrons. The first-order chi connectivity index (χ1) is 7.96. The van der Waals surface area contributed by atoms with E-state index in [0.717, 1.165) is 25.1 Å². The Labute approximate surface area is 107 Å². The molecule has 1 heterocycles. The molecule has 17 heavy (non-hydrogen) atoms. The summed E-state index contributed by atoms with van der Waals surface area (Å²) in [5.41, 5.74) is 3.73. The summed E-state index contributed by atoms with van der Waals surface area (Å²) in [4.78, 5) is 2.25. The van der Waals surface area contributed by atoms with Gasteiger partial charge in [0, 0.05) is 23.8 Å². The Morgan fingerprint density at radius 1 is 1.41 bits per heavy atom. The number of halogens is 1. The van der Waals surface area contributed by atoms with E-state index in [0.29, 0.717) is 6.42 Å². The average molecular weight is 274 g/mol. The average Bonchev–Trinajstić information content (AvgIpc) is 2.25. The lowest BCUT2D eigenvalue weighted by Crippen LogP contribution is -2.27. The molecule has 0 spiro atoms. The maximum absolute atomic E-state index is 11.0. The Morgan fingerprint density at radius 3 is 2.88 bits per heavy atom. The smallest absolute Gasteiger partial charge is 0.232 e. The highest BCUT2D eigenvalue weighted by molar-refractivity contribution is 8.13. The lowest BCUT2D eigenvalue weighted by atomic mass is 9.94. The van der Waals surface area contributed by atoms with Crippen LogP contribution >= 0.6 is 10.7 Å². The normalized spacial score (nSPS) is 16.8. The minimum absolute atomic E-state index is 0.00865. The van der Waals surface area contributed by atoms with E-state index in [9.17, 15) is 8.42 Å². The second-order valence-corrected chi connectivity index (χ2v) is 7.43. The number of hydrogen-bond donors (Lipinski definition) is 0. The molecule has 0 aromatic heterocycles. The molecule has 0 unspecified atom stereocenters. The van der Waals surface area contributed by atoms with Gasteiger partial charge in [-0.2, -0.15) is 0 Å². The number of benzene rings is 1. The third-order valence-electron chi connectivity index (χ3n) is 3.18. The predicted molar refractivity (Wildman–Crippen MR) is 69.8 cm³/mol. The monoisotopic (exact) mass is 273 g/mol. The first-order valence-electron chi connectivity index (χ1n) is 5.66. The van der Waals surface area contributed by atoms with Crippen LogP contribution < -0.4 is 0 Å². The number of likely N-dealkylation sites (N-methyl/N-ethyl adjacent to an activating group) is 1. The van der Waals surface area contributed by atoms with Gasteiger partial charge in [0.25, 0.3) is 0 Å². The summed E-state index contributed by atoms with van der Waals surface area (Å²) in [7, 11) is 3.93. The molecule has 0 saturated heterocycles. The zero-order valence-electron chi connectivity index (χ0n) is 9.82. The standard InChI is InChI=1S/C12H16ClNO2S/c1-14-7-5-10-3-2-4-11(12(10)9-14)6-8-17(13,15)16/h2-4H,5-9H2,1H3. The molecule has 0 N–H and O–H groups in total. The molecule has 0 saturated carbocycles. The largest absolute Gasteiger partial charge is 0.302 e. The SMILES string of the molecule is CN1CCc2cccc(CCS(=O)(=O)Cl)c2C1. The van der Waals surface area contributed by atoms with Gasteiger partial charge < -0.3 is 4.90 Å². The Balaban J connectivity index is 2.23. The van der Waals surface area contributed by atoms with E-state index in [1.54, 1.807) is 0 Å². The molecule has 0 fully saturated rings. The number of fused-ring (bicyclic) bond motifs is 1. The fourth-order valence-electron chi connectivity index (χ4n) is 2.25. The van der Waals surface area contributed by atoms with Crippen LogP contribution in [-0.4, -0.2) is 32.7 Å². The van der Waals surface area contributed by atoms with E-state index in [2.05, 4.69) is 18.0 Å². The fraction of sp³-hybridized carbons (Fsp3) is 0.500. The summed E-state index contributed by atoms with van der Waals surface area (Å²) in [6.07, 6.45) is 1.54. The van der Waals surface area contributed by atoms with Gasteiger partial charge in [0.1, 0.15) is 0 Å². The fourth-order valence-corrected chi connectivity index (χ4v) is 2.95. The van der Waals surface area contributed by atoms with Gasteiger partial charge in [-0.1, -0.05) is 18.2 Å². The minimum atomic E-state index is -3.40. The van der Waals surface area contributed by atoms with E-state index in [-0.39, 0.29) is 5.75 Å². The Morgan fingerprint density at radius 2 is 2.18 bits per heavy atom. The molecule has 0 radical (unpaired) electrons. The number of rotatable bonds is 3. The van der Waals surface area contributed by atoms with Crippen LogP contribution in [0, 0.1) is 0 Å². The highest BCUT2D eigenvalue weighted by Gasteiger charge is 2.17. The van der Waals surface area contributed by atoms with Crippen molar-refractivity contribution in [3.05, 3.63) is 34.9 Å². The third-order valence-corrected chi connectivity index (χ3v) is 4.33. The maximum Gasteiger partial charge on any atom is 0.232 e. The number of nitrogens with zero attached hydrogens (tertiary/aromatic N) is 1. The summed E-state index contributed by atoms with van der Waals surface area (Å²) in [5.74, 6) is 0.00865. The van der Waals surface area contributed by atoms with Crippen LogP contribution in [0.25, 0.3) is 0 Å². The van der Waals surface area contributed by atoms with E-state index in [1.807, 2.05) is 12.1 Å². The summed E-state index contributed by atoms with van der Waals surface area (Å²) >= 11 is 0. The van der Waals surface area contributed by atoms with Crippen LogP contribution in [0.3, 0.4) is 0 Å². The molecule has 1 aromatic rings. The van der Waals surface area contributed by atoms with Crippen molar-refractivity contribution in [3.63, 3.8) is 0 Å². The molecule has 0 atom stereocenters. The number of hydrogen-bond acceptors (Lipinski definition) is 3. The second kappa shape index (κ2) is 4.96. The summed E-state index contributed by atoms with van der Waals surface area (Å²) < 4.78 is 22.0. The van der Waals surface area contributed by atoms with Crippen LogP contribution in [0.1, 0.15) is 16.7 Å². The molecule has 0 bridgehead atoms. The van der Waals surface area contributed by atoms with Crippen LogP contribution in [0.15, 0.2) is 18.2 Å². The lowest BCUT2D eigenvalue weighted by molar-refractivity contribution is 0.311. The molecule has 1 aliphatic heterocycles. The van der Waals surface area contributed by atoms with Crippen molar-refractivity contribution in [2.75, 3.05) is 19.3 Å². The Bertz CT molecular complexity index is 513. The molecule has 1 aliphatic rings. The van der Waals surface area contributed by atoms with Crippen LogP contribution in [-0.2, 0) is 28.4 Å². The van der Waals surface area contributed by atoms with Gasteiger partial charge in [-0.25, -0.2) is 8.42 Å². The first-order valence-corrected chi connectivity index (χ1v) is 8.14. The zero-order chi connectivity index (χ0) is 12.5. The van der Waals surface area contributed by atoms with Gasteiger partial charge in [-0.05, 0) is 36.6 Å². The van der Waals surface area contributed by atoms with Crippen molar-refractivity contribution in [1.29, 1.82) is 0 Å². The second-order valence-electron chi connectivity index (χ2n) is 4.54. The summed E-state index contributed by atoms with van der Waals surface area (Å²) in [6.45, 7) is 1.96. The highest BCUT2D eigenvalue weighted by Crippen LogP contribution is 2.22. The van der Waals surface area contributed by atoms with E-state index < -0.39 is 9.05 Å². The summed E-state index contributed by atoms with van der Waals surface area (Å²) in [5, 5.41) is 0. The molecule has 3 nitrogen and oxygen atoms in total. The van der Waals surface area contributed by atoms with E-state index >= 15 is 0 Å². The predicted octanol–water partition coefficient (Wildman–Crippen LogP) is 1.79. The van der Waals surface area contributed by atoms with Crippen molar-refractivity contribution in [1.82, 2.24) is 4.90 Å². The Hall–Kier alpha value is -0.580. The topological polar surface area (TPSA) is 37.4 Å². The van der Waals surface area contributed by atoms with Crippen molar-refractivity contribution in [2.24, 2.45) is 0 Å². The van der Waals surface area contributed by atoms with Crippen LogP contribution in [0.5, 0.6) is 0 Å². The molecule has 5 heteroatoms. The van der Waals surface area contributed by atoms with Gasteiger partial charge >= 0.3 is 0 Å². The summed E-state index contributed by atoms with van der Waals surface area (Å²) in [6, 6.07) is 6.13. The van der Waals surface area contributed by atoms with Crippen molar-refractivity contribution >= 4 is 19.7 Å². The number of aryl methyl sites for hydroxylation is 1. The lowest BCUT2D eigenvalue weighted by Gasteiger charge is -2.27. The maximum atomic E-state index is 11.0. The van der Waals surface area contributed by atoms with E-state index in [4.69, 9.17) is 10.7 Å². The van der Waals surface area contributed by atoms with Gasteiger partial charge in [0.2, 0.25) is 9.05 Å². The Kier molecular flexibility index (Phi) is 3.76. The van der Waals surface area contributed by atoms with Crippen molar-refractivity contribution in [3.8, 4) is 0 Å². The molecule has 0 amide bonds. The highest BCUT2D eigenvalue weighted by atomic mass is 35.7. The molecule has 0 aliphatic carbocycles. The van der Waals surface area contributed by atoms with Crippen molar-refractivity contribution in [2.45, 2.75) is 19.4 Å². The quantitative estimate of drug-likeness (QED) is 0.788. The minimum Gasteiger partial charge on any atom is -0.302 e. The van der Waals surface area contributed by atoms with Crippen LogP contribution in [0.2, 0.25) is 0 Å². The van der Waals surface area contributed by atoms with E-state index in [1.165, 1.54) is 11.1 Å². The van der Waals surface area contributed by atoms with Gasteiger partial charge in [-0.15, -0.1) is 0 Å². The molecule has 1 aromatic carbocycles.